The second kappa shape index (κ2) is 6.41. The third-order valence-corrected chi connectivity index (χ3v) is 5.28. The van der Waals surface area contributed by atoms with Crippen LogP contribution < -0.4 is 5.32 Å². The number of aryl methyl sites for hydroxylation is 2. The van der Waals surface area contributed by atoms with Crippen molar-refractivity contribution in [1.29, 1.82) is 0 Å². The number of nitrogens with zero attached hydrogens (tertiary/aromatic N) is 3. The highest BCUT2D eigenvalue weighted by Crippen LogP contribution is 2.32. The van der Waals surface area contributed by atoms with Gasteiger partial charge in [0.25, 0.3) is 0 Å². The number of imidazole rings is 1. The number of nitro benzene ring substituents is 1. The van der Waals surface area contributed by atoms with Crippen molar-refractivity contribution in [2.45, 2.75) is 18.4 Å². The summed E-state index contributed by atoms with van der Waals surface area (Å²) in [5.41, 5.74) is 2.56. The van der Waals surface area contributed by atoms with Crippen molar-refractivity contribution >= 4 is 32.2 Å². The fourth-order valence-electron chi connectivity index (χ4n) is 2.84. The summed E-state index contributed by atoms with van der Waals surface area (Å²) in [5.74, 6) is 0.685. The van der Waals surface area contributed by atoms with Gasteiger partial charge >= 0.3 is 5.69 Å². The zero-order valence-electron chi connectivity index (χ0n) is 14.6. The Morgan fingerprint density at radius 2 is 2.00 bits per heavy atom. The van der Waals surface area contributed by atoms with E-state index in [2.05, 4.69) is 10.3 Å². The highest BCUT2D eigenvalue weighted by molar-refractivity contribution is 7.90. The minimum absolute atomic E-state index is 0.140. The topological polar surface area (TPSA) is 107 Å². The molecule has 0 atom stereocenters. The quantitative estimate of drug-likeness (QED) is 0.543. The van der Waals surface area contributed by atoms with Crippen molar-refractivity contribution in [3.63, 3.8) is 0 Å². The van der Waals surface area contributed by atoms with Gasteiger partial charge in [0.05, 0.1) is 22.5 Å². The number of rotatable bonds is 5. The van der Waals surface area contributed by atoms with Crippen LogP contribution in [0.25, 0.3) is 11.0 Å². The summed E-state index contributed by atoms with van der Waals surface area (Å²) in [5, 5.41) is 14.4. The maximum absolute atomic E-state index is 11.8. The SMILES string of the molecule is Cc1ccc2c(c1)nc(CNc1cccc(S(C)(=O)=O)c1[N+](=O)[O-])n2C. The predicted molar refractivity (Wildman–Crippen MR) is 99.0 cm³/mol. The molecule has 0 unspecified atom stereocenters. The number of anilines is 1. The molecule has 9 heteroatoms. The average Bonchev–Trinajstić information content (AvgIpc) is 2.86. The van der Waals surface area contributed by atoms with E-state index in [0.29, 0.717) is 5.82 Å². The van der Waals surface area contributed by atoms with E-state index in [1.165, 1.54) is 18.2 Å². The molecule has 0 fully saturated rings. The number of hydrogen-bond acceptors (Lipinski definition) is 6. The maximum atomic E-state index is 11.8. The second-order valence-electron chi connectivity index (χ2n) is 6.11. The molecular formula is C17H18N4O4S. The van der Waals surface area contributed by atoms with E-state index in [1.54, 1.807) is 0 Å². The molecular weight excluding hydrogens is 356 g/mol. The molecule has 8 nitrogen and oxygen atoms in total. The van der Waals surface area contributed by atoms with E-state index in [4.69, 9.17) is 0 Å². The first kappa shape index (κ1) is 17.9. The van der Waals surface area contributed by atoms with Crippen LogP contribution in [0.2, 0.25) is 0 Å². The van der Waals surface area contributed by atoms with Gasteiger partial charge in [-0.25, -0.2) is 13.4 Å². The molecule has 1 aromatic heterocycles. The Bertz CT molecular complexity index is 1120. The van der Waals surface area contributed by atoms with Gasteiger partial charge < -0.3 is 9.88 Å². The molecule has 0 aliphatic rings. The predicted octanol–water partition coefficient (Wildman–Crippen LogP) is 2.81. The second-order valence-corrected chi connectivity index (χ2v) is 8.10. The molecule has 3 rings (SSSR count). The summed E-state index contributed by atoms with van der Waals surface area (Å²) < 4.78 is 25.6. The summed E-state index contributed by atoms with van der Waals surface area (Å²) >= 11 is 0. The number of para-hydroxylation sites is 1. The fraction of sp³-hybridized carbons (Fsp3) is 0.235. The first-order valence-electron chi connectivity index (χ1n) is 7.82. The van der Waals surface area contributed by atoms with Gasteiger partial charge in [0.2, 0.25) is 0 Å². The van der Waals surface area contributed by atoms with Crippen LogP contribution >= 0.6 is 0 Å². The minimum Gasteiger partial charge on any atom is -0.372 e. The third-order valence-electron chi connectivity index (χ3n) is 4.15. The third kappa shape index (κ3) is 3.25. The molecule has 1 N–H and O–H groups in total. The van der Waals surface area contributed by atoms with Gasteiger partial charge in [0.1, 0.15) is 16.4 Å². The lowest BCUT2D eigenvalue weighted by Crippen LogP contribution is -2.10. The van der Waals surface area contributed by atoms with Crippen LogP contribution in [0.15, 0.2) is 41.3 Å². The average molecular weight is 374 g/mol. The zero-order valence-corrected chi connectivity index (χ0v) is 15.4. The van der Waals surface area contributed by atoms with Crippen molar-refractivity contribution in [2.24, 2.45) is 7.05 Å². The van der Waals surface area contributed by atoms with Gasteiger partial charge in [-0.05, 0) is 36.8 Å². The Balaban J connectivity index is 1.98. The van der Waals surface area contributed by atoms with Crippen molar-refractivity contribution < 1.29 is 13.3 Å². The largest absolute Gasteiger partial charge is 0.372 e. The highest BCUT2D eigenvalue weighted by atomic mass is 32.2. The molecule has 0 saturated heterocycles. The fourth-order valence-corrected chi connectivity index (χ4v) is 3.71. The number of sulfone groups is 1. The monoisotopic (exact) mass is 374 g/mol. The maximum Gasteiger partial charge on any atom is 0.310 e. The lowest BCUT2D eigenvalue weighted by atomic mass is 10.2. The molecule has 26 heavy (non-hydrogen) atoms. The number of aromatic nitrogens is 2. The first-order chi connectivity index (χ1) is 12.2. The molecule has 0 aliphatic carbocycles. The Morgan fingerprint density at radius 3 is 2.65 bits per heavy atom. The standard InChI is InChI=1S/C17H18N4O4S/c1-11-7-8-14-13(9-11)19-16(20(14)2)10-18-12-5-4-6-15(26(3,24)25)17(12)21(22)23/h4-9,18H,10H2,1-3H3. The van der Waals surface area contributed by atoms with Crippen LogP contribution in [0.3, 0.4) is 0 Å². The lowest BCUT2D eigenvalue weighted by molar-refractivity contribution is -0.386. The van der Waals surface area contributed by atoms with E-state index in [1.807, 2.05) is 36.7 Å². The minimum atomic E-state index is -3.72. The summed E-state index contributed by atoms with van der Waals surface area (Å²) in [6, 6.07) is 10.1. The molecule has 0 bridgehead atoms. The molecule has 0 radical (unpaired) electrons. The van der Waals surface area contributed by atoms with Crippen LogP contribution in [0.5, 0.6) is 0 Å². The summed E-state index contributed by atoms with van der Waals surface area (Å²) in [6.45, 7) is 2.20. The van der Waals surface area contributed by atoms with Gasteiger partial charge in [0, 0.05) is 13.3 Å². The summed E-state index contributed by atoms with van der Waals surface area (Å²) in [6.07, 6.45) is 0.951. The lowest BCUT2D eigenvalue weighted by Gasteiger charge is -2.09. The van der Waals surface area contributed by atoms with Gasteiger partial charge in [-0.15, -0.1) is 0 Å². The molecule has 136 valence electrons. The molecule has 1 heterocycles. The Hall–Kier alpha value is -2.94. The summed E-state index contributed by atoms with van der Waals surface area (Å²) in [4.78, 5) is 15.0. The summed E-state index contributed by atoms with van der Waals surface area (Å²) in [7, 11) is -1.86. The van der Waals surface area contributed by atoms with Gasteiger partial charge in [-0.3, -0.25) is 10.1 Å². The van der Waals surface area contributed by atoms with Crippen molar-refractivity contribution in [3.8, 4) is 0 Å². The molecule has 2 aromatic carbocycles. The Labute approximate surface area is 150 Å². The van der Waals surface area contributed by atoms with Crippen LogP contribution in [-0.4, -0.2) is 29.1 Å². The van der Waals surface area contributed by atoms with Crippen LogP contribution in [-0.2, 0) is 23.4 Å². The number of nitro groups is 1. The van der Waals surface area contributed by atoms with E-state index in [-0.39, 0.29) is 17.1 Å². The van der Waals surface area contributed by atoms with E-state index < -0.39 is 20.4 Å². The van der Waals surface area contributed by atoms with Crippen LogP contribution in [0, 0.1) is 17.0 Å². The van der Waals surface area contributed by atoms with E-state index >= 15 is 0 Å². The first-order valence-corrected chi connectivity index (χ1v) is 9.71. The van der Waals surface area contributed by atoms with Gasteiger partial charge in [-0.1, -0.05) is 12.1 Å². The normalized spacial score (nSPS) is 11.7. The zero-order chi connectivity index (χ0) is 19.1. The van der Waals surface area contributed by atoms with Crippen molar-refractivity contribution in [1.82, 2.24) is 9.55 Å². The highest BCUT2D eigenvalue weighted by Gasteiger charge is 2.26. The molecule has 0 saturated carbocycles. The molecule has 0 amide bonds. The Kier molecular flexibility index (Phi) is 4.41. The van der Waals surface area contributed by atoms with E-state index in [9.17, 15) is 18.5 Å². The van der Waals surface area contributed by atoms with Crippen molar-refractivity contribution in [2.75, 3.05) is 11.6 Å². The number of benzene rings is 2. The number of fused-ring (bicyclic) bond motifs is 1. The smallest absolute Gasteiger partial charge is 0.310 e. The van der Waals surface area contributed by atoms with Crippen LogP contribution in [0.4, 0.5) is 11.4 Å². The molecule has 0 spiro atoms. The number of nitrogens with one attached hydrogen (secondary N) is 1. The van der Waals surface area contributed by atoms with Gasteiger partial charge in [0.15, 0.2) is 9.84 Å². The molecule has 3 aromatic rings. The van der Waals surface area contributed by atoms with Gasteiger partial charge in [-0.2, -0.15) is 0 Å². The Morgan fingerprint density at radius 1 is 1.27 bits per heavy atom. The molecule has 0 aliphatic heterocycles. The number of hydrogen-bond donors (Lipinski definition) is 1. The van der Waals surface area contributed by atoms with E-state index in [0.717, 1.165) is 22.9 Å². The van der Waals surface area contributed by atoms with Crippen LogP contribution in [0.1, 0.15) is 11.4 Å². The van der Waals surface area contributed by atoms with Crippen molar-refractivity contribution in [3.05, 3.63) is 57.9 Å².